The van der Waals surface area contributed by atoms with E-state index in [1.807, 2.05) is 0 Å². The Hall–Kier alpha value is -0.620. The minimum atomic E-state index is -3.05. The van der Waals surface area contributed by atoms with Gasteiger partial charge in [0.1, 0.15) is 9.84 Å². The highest BCUT2D eigenvalue weighted by Gasteiger charge is 2.21. The lowest BCUT2D eigenvalue weighted by molar-refractivity contribution is -0.131. The van der Waals surface area contributed by atoms with E-state index in [0.717, 1.165) is 19.1 Å². The van der Waals surface area contributed by atoms with E-state index in [4.69, 9.17) is 5.73 Å². The molecule has 1 rings (SSSR count). The van der Waals surface area contributed by atoms with Crippen LogP contribution in [0.4, 0.5) is 0 Å². The van der Waals surface area contributed by atoms with Gasteiger partial charge >= 0.3 is 0 Å². The molecule has 1 fully saturated rings. The Kier molecular flexibility index (Phi) is 4.10. The Morgan fingerprint density at radius 1 is 1.53 bits per heavy atom. The Balaban J connectivity index is 2.40. The smallest absolute Gasteiger partial charge is 0.223 e. The van der Waals surface area contributed by atoms with Crippen molar-refractivity contribution in [3.63, 3.8) is 0 Å². The van der Waals surface area contributed by atoms with E-state index in [-0.39, 0.29) is 24.1 Å². The molecule has 1 heterocycles. The first-order valence-corrected chi connectivity index (χ1v) is 7.15. The summed E-state index contributed by atoms with van der Waals surface area (Å²) in [7, 11) is -3.05. The van der Waals surface area contributed by atoms with Crippen molar-refractivity contribution < 1.29 is 13.2 Å². The predicted octanol–water partition coefficient (Wildman–Crippen LogP) is -0.629. The van der Waals surface area contributed by atoms with Crippen LogP contribution in [0.1, 0.15) is 19.3 Å². The minimum absolute atomic E-state index is 0.0425. The molecule has 0 aliphatic carbocycles. The molecule has 1 amide bonds. The van der Waals surface area contributed by atoms with Gasteiger partial charge in [0.25, 0.3) is 0 Å². The first-order chi connectivity index (χ1) is 6.88. The van der Waals surface area contributed by atoms with Gasteiger partial charge < -0.3 is 10.6 Å². The van der Waals surface area contributed by atoms with Gasteiger partial charge in [-0.05, 0) is 12.8 Å². The molecule has 5 nitrogen and oxygen atoms in total. The highest BCUT2D eigenvalue weighted by molar-refractivity contribution is 7.90. The zero-order valence-electron chi connectivity index (χ0n) is 8.98. The van der Waals surface area contributed by atoms with E-state index in [9.17, 15) is 13.2 Å². The van der Waals surface area contributed by atoms with Crippen LogP contribution in [-0.2, 0) is 14.6 Å². The number of carbonyl (C=O) groups excluding carboxylic acids is 1. The van der Waals surface area contributed by atoms with Crippen LogP contribution in [0.25, 0.3) is 0 Å². The number of piperidine rings is 1. The monoisotopic (exact) mass is 234 g/mol. The number of nitrogens with two attached hydrogens (primary N) is 1. The molecule has 6 heteroatoms. The van der Waals surface area contributed by atoms with Gasteiger partial charge in [-0.3, -0.25) is 4.79 Å². The first kappa shape index (κ1) is 12.4. The normalized spacial score (nSPS) is 22.8. The number of nitrogens with zero attached hydrogens (tertiary/aromatic N) is 1. The number of likely N-dealkylation sites (tertiary alicyclic amines) is 1. The van der Waals surface area contributed by atoms with E-state index in [0.29, 0.717) is 13.1 Å². The van der Waals surface area contributed by atoms with Crippen LogP contribution in [-0.4, -0.2) is 50.4 Å². The third-order valence-electron chi connectivity index (χ3n) is 2.50. The van der Waals surface area contributed by atoms with Crippen molar-refractivity contribution in [1.82, 2.24) is 4.90 Å². The van der Waals surface area contributed by atoms with Gasteiger partial charge in [0.2, 0.25) is 5.91 Å². The molecule has 2 N–H and O–H groups in total. The molecule has 0 aromatic carbocycles. The van der Waals surface area contributed by atoms with Crippen LogP contribution in [0.2, 0.25) is 0 Å². The van der Waals surface area contributed by atoms with Gasteiger partial charge in [-0.25, -0.2) is 8.42 Å². The number of rotatable bonds is 3. The summed E-state index contributed by atoms with van der Waals surface area (Å²) in [4.78, 5) is 13.3. The minimum Gasteiger partial charge on any atom is -0.341 e. The molecule has 1 saturated heterocycles. The third-order valence-corrected chi connectivity index (χ3v) is 3.44. The first-order valence-electron chi connectivity index (χ1n) is 5.09. The molecule has 1 aliphatic rings. The molecule has 0 bridgehead atoms. The summed E-state index contributed by atoms with van der Waals surface area (Å²) in [6.07, 6.45) is 3.06. The van der Waals surface area contributed by atoms with Crippen molar-refractivity contribution in [3.05, 3.63) is 0 Å². The fourth-order valence-electron chi connectivity index (χ4n) is 1.67. The number of hydrogen-bond acceptors (Lipinski definition) is 4. The molecular formula is C9H18N2O3S. The third kappa shape index (κ3) is 4.61. The number of carbonyl (C=O) groups is 1. The highest BCUT2D eigenvalue weighted by Crippen LogP contribution is 2.09. The van der Waals surface area contributed by atoms with Gasteiger partial charge in [-0.15, -0.1) is 0 Å². The maximum Gasteiger partial charge on any atom is 0.223 e. The maximum atomic E-state index is 11.6. The van der Waals surface area contributed by atoms with Crippen molar-refractivity contribution in [1.29, 1.82) is 0 Å². The van der Waals surface area contributed by atoms with Crippen LogP contribution in [0.5, 0.6) is 0 Å². The van der Waals surface area contributed by atoms with E-state index < -0.39 is 9.84 Å². The number of amides is 1. The average Bonchev–Trinajstić information content (AvgIpc) is 2.13. The summed E-state index contributed by atoms with van der Waals surface area (Å²) >= 11 is 0. The second-order valence-electron chi connectivity index (χ2n) is 4.12. The van der Waals surface area contributed by atoms with Crippen LogP contribution >= 0.6 is 0 Å². The van der Waals surface area contributed by atoms with Crippen LogP contribution < -0.4 is 5.73 Å². The largest absolute Gasteiger partial charge is 0.341 e. The Bertz CT molecular complexity index is 326. The van der Waals surface area contributed by atoms with Crippen molar-refractivity contribution in [2.75, 3.05) is 25.1 Å². The maximum absolute atomic E-state index is 11.6. The molecule has 1 aliphatic heterocycles. The molecule has 0 aromatic heterocycles. The summed E-state index contributed by atoms with van der Waals surface area (Å²) in [5.41, 5.74) is 5.73. The van der Waals surface area contributed by atoms with Gasteiger partial charge in [-0.2, -0.15) is 0 Å². The van der Waals surface area contributed by atoms with Crippen molar-refractivity contribution in [3.8, 4) is 0 Å². The van der Waals surface area contributed by atoms with Gasteiger partial charge in [0, 0.05) is 31.8 Å². The van der Waals surface area contributed by atoms with Gasteiger partial charge in [0.05, 0.1) is 5.75 Å². The second kappa shape index (κ2) is 4.94. The van der Waals surface area contributed by atoms with E-state index in [1.54, 1.807) is 4.90 Å². The summed E-state index contributed by atoms with van der Waals surface area (Å²) in [6, 6.07) is 0.0425. The second-order valence-corrected chi connectivity index (χ2v) is 6.38. The SMILES string of the molecule is CS(=O)(=O)CCC(=O)N1CCC[C@@H](N)C1. The highest BCUT2D eigenvalue weighted by atomic mass is 32.2. The van der Waals surface area contributed by atoms with Crippen LogP contribution in [0.15, 0.2) is 0 Å². The lowest BCUT2D eigenvalue weighted by Crippen LogP contribution is -2.46. The molecular weight excluding hydrogens is 216 g/mol. The zero-order chi connectivity index (χ0) is 11.5. The molecule has 0 unspecified atom stereocenters. The van der Waals surface area contributed by atoms with E-state index in [2.05, 4.69) is 0 Å². The lowest BCUT2D eigenvalue weighted by atomic mass is 10.1. The topological polar surface area (TPSA) is 80.5 Å². The molecule has 0 saturated carbocycles. The summed E-state index contributed by atoms with van der Waals surface area (Å²) in [6.45, 7) is 1.26. The van der Waals surface area contributed by atoms with Gasteiger partial charge in [-0.1, -0.05) is 0 Å². The predicted molar refractivity (Wildman–Crippen MR) is 58.1 cm³/mol. The number of sulfone groups is 1. The van der Waals surface area contributed by atoms with E-state index >= 15 is 0 Å². The summed E-state index contributed by atoms with van der Waals surface area (Å²) in [5, 5.41) is 0. The molecule has 0 spiro atoms. The van der Waals surface area contributed by atoms with E-state index in [1.165, 1.54) is 0 Å². The van der Waals surface area contributed by atoms with Crippen LogP contribution in [0, 0.1) is 0 Å². The lowest BCUT2D eigenvalue weighted by Gasteiger charge is -2.30. The standard InChI is InChI=1S/C9H18N2O3S/c1-15(13,14)6-4-9(12)11-5-2-3-8(10)7-11/h8H,2-7,10H2,1H3/t8-/m1/s1. The molecule has 0 radical (unpaired) electrons. The van der Waals surface area contributed by atoms with Crippen LogP contribution in [0.3, 0.4) is 0 Å². The zero-order valence-corrected chi connectivity index (χ0v) is 9.79. The van der Waals surface area contributed by atoms with Gasteiger partial charge in [0.15, 0.2) is 0 Å². The Morgan fingerprint density at radius 2 is 2.20 bits per heavy atom. The molecule has 15 heavy (non-hydrogen) atoms. The fraction of sp³-hybridized carbons (Fsp3) is 0.889. The van der Waals surface area contributed by atoms with Crippen molar-refractivity contribution in [2.45, 2.75) is 25.3 Å². The Labute approximate surface area is 90.5 Å². The Morgan fingerprint density at radius 3 is 2.73 bits per heavy atom. The quantitative estimate of drug-likeness (QED) is 0.705. The van der Waals surface area contributed by atoms with Crippen molar-refractivity contribution >= 4 is 15.7 Å². The molecule has 88 valence electrons. The average molecular weight is 234 g/mol. The summed E-state index contributed by atoms with van der Waals surface area (Å²) in [5.74, 6) is -0.173. The summed E-state index contributed by atoms with van der Waals surface area (Å²) < 4.78 is 21.8. The molecule has 1 atom stereocenters. The van der Waals surface area contributed by atoms with Crippen molar-refractivity contribution in [2.24, 2.45) is 5.73 Å². The number of hydrogen-bond donors (Lipinski definition) is 1. The molecule has 0 aromatic rings. The fourth-order valence-corrected chi connectivity index (χ4v) is 2.21.